The number of hydrogen-bond donors (Lipinski definition) is 1. The van der Waals surface area contributed by atoms with Gasteiger partial charge in [0.2, 0.25) is 0 Å². The van der Waals surface area contributed by atoms with Crippen LogP contribution >= 0.6 is 11.6 Å². The van der Waals surface area contributed by atoms with E-state index < -0.39 is 5.82 Å². The van der Waals surface area contributed by atoms with E-state index >= 15 is 0 Å². The van der Waals surface area contributed by atoms with Gasteiger partial charge in [0, 0.05) is 13.1 Å². The molecule has 0 spiro atoms. The lowest BCUT2D eigenvalue weighted by atomic mass is 10.2. The van der Waals surface area contributed by atoms with Gasteiger partial charge in [-0.05, 0) is 18.2 Å². The number of nitrogens with zero attached hydrogens (tertiary/aromatic N) is 1. The highest BCUT2D eigenvalue weighted by atomic mass is 35.5. The zero-order valence-corrected chi connectivity index (χ0v) is 10.0. The zero-order valence-electron chi connectivity index (χ0n) is 9.28. The Kier molecular flexibility index (Phi) is 3.24. The smallest absolute Gasteiger partial charge is 0.143 e. The molecule has 0 radical (unpaired) electrons. The monoisotopic (exact) mass is 254 g/mol. The molecular weight excluding hydrogens is 243 g/mol. The quantitative estimate of drug-likeness (QED) is 0.855. The largest absolute Gasteiger partial charge is 0.467 e. The number of hydrogen-bond acceptors (Lipinski definition) is 3. The number of nitrogen functional groups attached to an aromatic ring is 1. The second-order valence-corrected chi connectivity index (χ2v) is 4.17. The van der Waals surface area contributed by atoms with Crippen molar-refractivity contribution in [1.82, 2.24) is 0 Å². The summed E-state index contributed by atoms with van der Waals surface area (Å²) in [5.41, 5.74) is 6.77. The van der Waals surface area contributed by atoms with Crippen molar-refractivity contribution in [3.8, 4) is 0 Å². The molecule has 2 aromatic rings. The van der Waals surface area contributed by atoms with Crippen LogP contribution in [-0.2, 0) is 6.54 Å². The van der Waals surface area contributed by atoms with Crippen molar-refractivity contribution in [3.05, 3.63) is 47.1 Å². The first-order chi connectivity index (χ1) is 8.08. The van der Waals surface area contributed by atoms with E-state index in [-0.39, 0.29) is 5.02 Å². The van der Waals surface area contributed by atoms with E-state index in [0.29, 0.717) is 17.9 Å². The van der Waals surface area contributed by atoms with Gasteiger partial charge in [-0.1, -0.05) is 11.6 Å². The lowest BCUT2D eigenvalue weighted by Crippen LogP contribution is -2.17. The van der Waals surface area contributed by atoms with Gasteiger partial charge >= 0.3 is 0 Å². The molecule has 0 aliphatic heterocycles. The van der Waals surface area contributed by atoms with Crippen molar-refractivity contribution in [2.45, 2.75) is 6.54 Å². The molecular formula is C12H12ClFN2O. The Balaban J connectivity index is 2.24. The molecule has 0 aliphatic rings. The van der Waals surface area contributed by atoms with E-state index in [9.17, 15) is 4.39 Å². The summed E-state index contributed by atoms with van der Waals surface area (Å²) in [5, 5.41) is 0.0560. The number of furan rings is 1. The molecule has 3 nitrogen and oxygen atoms in total. The molecule has 0 saturated heterocycles. The summed E-state index contributed by atoms with van der Waals surface area (Å²) in [6.45, 7) is 0.541. The fourth-order valence-electron chi connectivity index (χ4n) is 1.60. The van der Waals surface area contributed by atoms with Gasteiger partial charge in [0.1, 0.15) is 11.6 Å². The van der Waals surface area contributed by atoms with Crippen molar-refractivity contribution in [2.75, 3.05) is 17.7 Å². The zero-order chi connectivity index (χ0) is 12.4. The molecule has 0 aliphatic carbocycles. The Morgan fingerprint density at radius 1 is 1.47 bits per heavy atom. The third-order valence-electron chi connectivity index (χ3n) is 2.45. The molecule has 0 unspecified atom stereocenters. The molecule has 0 bridgehead atoms. The molecule has 0 fully saturated rings. The molecule has 1 heterocycles. The van der Waals surface area contributed by atoms with E-state index in [1.54, 1.807) is 6.26 Å². The lowest BCUT2D eigenvalue weighted by molar-refractivity contribution is 0.507. The maximum atomic E-state index is 13.2. The van der Waals surface area contributed by atoms with E-state index in [1.807, 2.05) is 24.1 Å². The Bertz CT molecular complexity index is 513. The average molecular weight is 255 g/mol. The van der Waals surface area contributed by atoms with Gasteiger partial charge in [-0.25, -0.2) is 4.39 Å². The second-order valence-electron chi connectivity index (χ2n) is 3.76. The molecule has 2 N–H and O–H groups in total. The highest BCUT2D eigenvalue weighted by molar-refractivity contribution is 6.31. The minimum Gasteiger partial charge on any atom is -0.467 e. The minimum atomic E-state index is -0.515. The van der Waals surface area contributed by atoms with E-state index in [2.05, 4.69) is 0 Å². The summed E-state index contributed by atoms with van der Waals surface area (Å²) in [6.07, 6.45) is 1.60. The van der Waals surface area contributed by atoms with Gasteiger partial charge in [0.15, 0.2) is 0 Å². The van der Waals surface area contributed by atoms with Gasteiger partial charge in [-0.15, -0.1) is 0 Å². The molecule has 5 heteroatoms. The number of halogens is 2. The Morgan fingerprint density at radius 2 is 2.24 bits per heavy atom. The number of rotatable bonds is 3. The summed E-state index contributed by atoms with van der Waals surface area (Å²) in [5.74, 6) is 0.284. The average Bonchev–Trinajstić information content (AvgIpc) is 2.76. The fourth-order valence-corrected chi connectivity index (χ4v) is 1.76. The normalized spacial score (nSPS) is 10.5. The van der Waals surface area contributed by atoms with Crippen LogP contribution < -0.4 is 10.6 Å². The summed E-state index contributed by atoms with van der Waals surface area (Å²) >= 11 is 5.73. The predicted octanol–water partition coefficient (Wildman–Crippen LogP) is 3.29. The minimum absolute atomic E-state index is 0.0560. The van der Waals surface area contributed by atoms with Crippen LogP contribution in [0.2, 0.25) is 5.02 Å². The van der Waals surface area contributed by atoms with Crippen LogP contribution in [-0.4, -0.2) is 7.05 Å². The first-order valence-electron chi connectivity index (χ1n) is 5.06. The Morgan fingerprint density at radius 3 is 2.88 bits per heavy atom. The van der Waals surface area contributed by atoms with Crippen molar-refractivity contribution in [2.24, 2.45) is 0 Å². The fraction of sp³-hybridized carbons (Fsp3) is 0.167. The first-order valence-corrected chi connectivity index (χ1v) is 5.44. The molecule has 1 aromatic carbocycles. The van der Waals surface area contributed by atoms with E-state index in [1.165, 1.54) is 12.1 Å². The lowest BCUT2D eigenvalue weighted by Gasteiger charge is -2.20. The van der Waals surface area contributed by atoms with Gasteiger partial charge in [-0.2, -0.15) is 0 Å². The summed E-state index contributed by atoms with van der Waals surface area (Å²) in [6, 6.07) is 6.40. The summed E-state index contributed by atoms with van der Waals surface area (Å²) in [7, 11) is 1.84. The summed E-state index contributed by atoms with van der Waals surface area (Å²) < 4.78 is 18.4. The number of benzene rings is 1. The van der Waals surface area contributed by atoms with Crippen molar-refractivity contribution >= 4 is 23.0 Å². The molecule has 1 aromatic heterocycles. The number of nitrogens with two attached hydrogens (primary N) is 1. The molecule has 0 saturated carbocycles. The highest BCUT2D eigenvalue weighted by Gasteiger charge is 2.11. The maximum absolute atomic E-state index is 13.2. The van der Waals surface area contributed by atoms with Crippen LogP contribution in [0.15, 0.2) is 34.9 Å². The molecule has 90 valence electrons. The maximum Gasteiger partial charge on any atom is 0.143 e. The summed E-state index contributed by atoms with van der Waals surface area (Å²) in [4.78, 5) is 1.85. The second kappa shape index (κ2) is 4.67. The number of anilines is 2. The first kappa shape index (κ1) is 11.8. The van der Waals surface area contributed by atoms with Crippen LogP contribution in [0, 0.1) is 5.82 Å². The SMILES string of the molecule is CN(Cc1ccco1)c1cc(Cl)c(F)cc1N. The molecule has 0 amide bonds. The standard InChI is InChI=1S/C12H12ClFN2O/c1-16(7-8-3-2-4-17-8)12-5-9(13)10(14)6-11(12)15/h2-6H,7,15H2,1H3. The molecule has 17 heavy (non-hydrogen) atoms. The van der Waals surface area contributed by atoms with Gasteiger partial charge in [-0.3, -0.25) is 0 Å². The van der Waals surface area contributed by atoms with Crippen molar-refractivity contribution < 1.29 is 8.81 Å². The topological polar surface area (TPSA) is 42.4 Å². The van der Waals surface area contributed by atoms with Gasteiger partial charge in [0.25, 0.3) is 0 Å². The third-order valence-corrected chi connectivity index (χ3v) is 2.74. The Labute approximate surface area is 104 Å². The van der Waals surface area contributed by atoms with Crippen LogP contribution in [0.25, 0.3) is 0 Å². The van der Waals surface area contributed by atoms with Gasteiger partial charge < -0.3 is 15.1 Å². The van der Waals surface area contributed by atoms with Crippen molar-refractivity contribution in [1.29, 1.82) is 0 Å². The van der Waals surface area contributed by atoms with E-state index in [0.717, 1.165) is 5.76 Å². The molecule has 2 rings (SSSR count). The van der Waals surface area contributed by atoms with Crippen LogP contribution in [0.3, 0.4) is 0 Å². The Hall–Kier alpha value is -1.68. The van der Waals surface area contributed by atoms with Gasteiger partial charge in [0.05, 0.1) is 29.2 Å². The predicted molar refractivity (Wildman–Crippen MR) is 66.6 cm³/mol. The molecule has 0 atom stereocenters. The van der Waals surface area contributed by atoms with Crippen LogP contribution in [0.1, 0.15) is 5.76 Å². The van der Waals surface area contributed by atoms with Crippen LogP contribution in [0.5, 0.6) is 0 Å². The van der Waals surface area contributed by atoms with Crippen molar-refractivity contribution in [3.63, 3.8) is 0 Å². The third kappa shape index (κ3) is 2.53. The highest BCUT2D eigenvalue weighted by Crippen LogP contribution is 2.29. The van der Waals surface area contributed by atoms with Crippen LogP contribution in [0.4, 0.5) is 15.8 Å². The van der Waals surface area contributed by atoms with E-state index in [4.69, 9.17) is 21.8 Å².